The first-order valence-corrected chi connectivity index (χ1v) is 6.75. The summed E-state index contributed by atoms with van der Waals surface area (Å²) in [7, 11) is -2.94. The number of nitriles is 1. The number of hydrogen-bond acceptors (Lipinski definition) is 5. The summed E-state index contributed by atoms with van der Waals surface area (Å²) >= 11 is 0. The first kappa shape index (κ1) is 16.0. The number of carbonyl (C=O) groups is 1. The Kier molecular flexibility index (Phi) is 5.15. The van der Waals surface area contributed by atoms with Crippen molar-refractivity contribution in [1.29, 1.82) is 5.26 Å². The second-order valence-electron chi connectivity index (χ2n) is 3.67. The molecular formula is C11H11FN2O5S. The zero-order chi connectivity index (χ0) is 15.3. The van der Waals surface area contributed by atoms with Crippen molar-refractivity contribution >= 4 is 16.0 Å². The molecule has 0 amide bonds. The Labute approximate surface area is 114 Å². The number of halogens is 1. The lowest BCUT2D eigenvalue weighted by molar-refractivity contribution is -0.147. The molecule has 108 valence electrons. The molecule has 7 nitrogen and oxygen atoms in total. The minimum atomic E-state index is -4.06. The third kappa shape index (κ3) is 3.74. The van der Waals surface area contributed by atoms with E-state index < -0.39 is 40.0 Å². The summed E-state index contributed by atoms with van der Waals surface area (Å²) in [6, 6.07) is 4.20. The van der Waals surface area contributed by atoms with Gasteiger partial charge in [-0.15, -0.1) is 0 Å². The molecular weight excluding hydrogens is 291 g/mol. The van der Waals surface area contributed by atoms with Crippen LogP contribution in [0.1, 0.15) is 5.56 Å². The lowest BCUT2D eigenvalue weighted by atomic mass is 10.2. The van der Waals surface area contributed by atoms with E-state index in [0.717, 1.165) is 25.3 Å². The molecule has 0 spiro atoms. The van der Waals surface area contributed by atoms with Crippen molar-refractivity contribution < 1.29 is 27.4 Å². The van der Waals surface area contributed by atoms with E-state index in [1.807, 2.05) is 4.72 Å². The molecule has 0 heterocycles. The molecule has 1 aromatic rings. The number of hydrogen-bond donors (Lipinski definition) is 2. The number of benzene rings is 1. The van der Waals surface area contributed by atoms with Crippen molar-refractivity contribution in [1.82, 2.24) is 4.72 Å². The fourth-order valence-corrected chi connectivity index (χ4v) is 2.36. The number of nitrogens with zero attached hydrogens (tertiary/aromatic N) is 1. The van der Waals surface area contributed by atoms with Crippen molar-refractivity contribution in [3.05, 3.63) is 29.6 Å². The van der Waals surface area contributed by atoms with E-state index in [1.54, 1.807) is 0 Å². The molecule has 1 rings (SSSR count). The van der Waals surface area contributed by atoms with Gasteiger partial charge >= 0.3 is 5.97 Å². The Bertz CT molecular complexity index is 653. The maximum Gasteiger partial charge on any atom is 0.334 e. The van der Waals surface area contributed by atoms with Crippen LogP contribution in [0.15, 0.2) is 23.1 Å². The monoisotopic (exact) mass is 302 g/mol. The van der Waals surface area contributed by atoms with Crippen LogP contribution < -0.4 is 4.72 Å². The van der Waals surface area contributed by atoms with Gasteiger partial charge in [0, 0.05) is 13.7 Å². The predicted octanol–water partition coefficient (Wildman–Crippen LogP) is 0.0753. The van der Waals surface area contributed by atoms with Crippen molar-refractivity contribution in [3.63, 3.8) is 0 Å². The molecule has 1 aromatic carbocycles. The zero-order valence-electron chi connectivity index (χ0n) is 10.3. The summed E-state index contributed by atoms with van der Waals surface area (Å²) in [6.07, 6.45) is -1.35. The Hall–Kier alpha value is -2.02. The van der Waals surface area contributed by atoms with Crippen molar-refractivity contribution in [3.8, 4) is 6.07 Å². The van der Waals surface area contributed by atoms with Gasteiger partial charge in [-0.1, -0.05) is 0 Å². The average molecular weight is 302 g/mol. The average Bonchev–Trinajstić information content (AvgIpc) is 2.39. The quantitative estimate of drug-likeness (QED) is 0.768. The molecule has 0 bridgehead atoms. The van der Waals surface area contributed by atoms with Gasteiger partial charge in [0.1, 0.15) is 11.9 Å². The molecule has 0 aliphatic carbocycles. The molecule has 9 heteroatoms. The van der Waals surface area contributed by atoms with Gasteiger partial charge in [-0.25, -0.2) is 22.3 Å². The number of rotatable bonds is 6. The van der Waals surface area contributed by atoms with Gasteiger partial charge < -0.3 is 9.84 Å². The SMILES string of the molecule is COC(CNS(=O)(=O)c1ccc(F)c(C#N)c1)C(=O)O. The molecule has 20 heavy (non-hydrogen) atoms. The van der Waals surface area contributed by atoms with E-state index in [-0.39, 0.29) is 4.90 Å². The highest BCUT2D eigenvalue weighted by molar-refractivity contribution is 7.89. The van der Waals surface area contributed by atoms with E-state index in [9.17, 15) is 17.6 Å². The van der Waals surface area contributed by atoms with Crippen LogP contribution in [0.4, 0.5) is 4.39 Å². The normalized spacial score (nSPS) is 12.7. The summed E-state index contributed by atoms with van der Waals surface area (Å²) in [5.74, 6) is -2.17. The van der Waals surface area contributed by atoms with Crippen LogP contribution in [0.5, 0.6) is 0 Å². The van der Waals surface area contributed by atoms with Crippen LogP contribution in [0.2, 0.25) is 0 Å². The van der Waals surface area contributed by atoms with Crippen LogP contribution in [0, 0.1) is 17.1 Å². The fourth-order valence-electron chi connectivity index (χ4n) is 1.30. The van der Waals surface area contributed by atoms with Gasteiger partial charge in [0.05, 0.1) is 10.5 Å². The first-order valence-electron chi connectivity index (χ1n) is 5.26. The lowest BCUT2D eigenvalue weighted by Crippen LogP contribution is -2.37. The molecule has 1 unspecified atom stereocenters. The smallest absolute Gasteiger partial charge is 0.334 e. The number of methoxy groups -OCH3 is 1. The summed E-state index contributed by atoms with van der Waals surface area (Å²) in [4.78, 5) is 10.3. The van der Waals surface area contributed by atoms with Gasteiger partial charge in [-0.2, -0.15) is 5.26 Å². The highest BCUT2D eigenvalue weighted by Crippen LogP contribution is 2.14. The Morgan fingerprint density at radius 3 is 2.75 bits per heavy atom. The summed E-state index contributed by atoms with van der Waals surface area (Å²) in [5, 5.41) is 17.3. The Balaban J connectivity index is 2.95. The highest BCUT2D eigenvalue weighted by atomic mass is 32.2. The number of ether oxygens (including phenoxy) is 1. The number of sulfonamides is 1. The topological polar surface area (TPSA) is 116 Å². The van der Waals surface area contributed by atoms with E-state index in [4.69, 9.17) is 10.4 Å². The summed E-state index contributed by atoms with van der Waals surface area (Å²) in [5.41, 5.74) is -0.422. The number of aliphatic carboxylic acids is 1. The van der Waals surface area contributed by atoms with Gasteiger partial charge in [0.25, 0.3) is 0 Å². The Morgan fingerprint density at radius 2 is 2.25 bits per heavy atom. The number of carboxylic acids is 1. The van der Waals surface area contributed by atoms with Gasteiger partial charge in [0.2, 0.25) is 10.0 Å². The third-order valence-corrected chi connectivity index (χ3v) is 3.81. The molecule has 0 fully saturated rings. The number of nitrogens with one attached hydrogen (secondary N) is 1. The molecule has 0 saturated heterocycles. The van der Waals surface area contributed by atoms with Gasteiger partial charge in [-0.3, -0.25) is 0 Å². The van der Waals surface area contributed by atoms with Crippen LogP contribution >= 0.6 is 0 Å². The molecule has 0 aliphatic heterocycles. The predicted molar refractivity (Wildman–Crippen MR) is 64.7 cm³/mol. The molecule has 1 atom stereocenters. The molecule has 2 N–H and O–H groups in total. The van der Waals surface area contributed by atoms with Crippen LogP contribution in [-0.4, -0.2) is 39.3 Å². The van der Waals surface area contributed by atoms with E-state index in [1.165, 1.54) is 6.07 Å². The zero-order valence-corrected chi connectivity index (χ0v) is 11.1. The molecule has 0 aromatic heterocycles. The fraction of sp³-hybridized carbons (Fsp3) is 0.273. The van der Waals surface area contributed by atoms with Gasteiger partial charge in [0.15, 0.2) is 6.10 Å². The second kappa shape index (κ2) is 6.42. The minimum absolute atomic E-state index is 0.337. The molecule has 0 saturated carbocycles. The Morgan fingerprint density at radius 1 is 1.60 bits per heavy atom. The van der Waals surface area contributed by atoms with Gasteiger partial charge in [-0.05, 0) is 18.2 Å². The van der Waals surface area contributed by atoms with E-state index in [0.29, 0.717) is 0 Å². The second-order valence-corrected chi connectivity index (χ2v) is 5.43. The standard InChI is InChI=1S/C11H11FN2O5S/c1-19-10(11(15)16)6-14-20(17,18)8-2-3-9(12)7(4-8)5-13/h2-4,10,14H,6H2,1H3,(H,15,16). The van der Waals surface area contributed by atoms with Crippen molar-refractivity contribution in [2.24, 2.45) is 0 Å². The maximum atomic E-state index is 13.1. The van der Waals surface area contributed by atoms with E-state index in [2.05, 4.69) is 4.74 Å². The minimum Gasteiger partial charge on any atom is -0.479 e. The molecule has 0 radical (unpaired) electrons. The third-order valence-electron chi connectivity index (χ3n) is 2.39. The lowest BCUT2D eigenvalue weighted by Gasteiger charge is -2.12. The van der Waals surface area contributed by atoms with Crippen molar-refractivity contribution in [2.45, 2.75) is 11.0 Å². The van der Waals surface area contributed by atoms with Crippen molar-refractivity contribution in [2.75, 3.05) is 13.7 Å². The van der Waals surface area contributed by atoms with Crippen LogP contribution in [-0.2, 0) is 19.6 Å². The summed E-state index contributed by atoms with van der Waals surface area (Å²) < 4.78 is 43.4. The largest absolute Gasteiger partial charge is 0.479 e. The van der Waals surface area contributed by atoms with Crippen LogP contribution in [0.25, 0.3) is 0 Å². The van der Waals surface area contributed by atoms with Crippen LogP contribution in [0.3, 0.4) is 0 Å². The molecule has 0 aliphatic rings. The van der Waals surface area contributed by atoms with E-state index >= 15 is 0 Å². The highest BCUT2D eigenvalue weighted by Gasteiger charge is 2.22. The number of carboxylic acid groups (broad SMARTS) is 1. The first-order chi connectivity index (χ1) is 9.31. The summed E-state index contributed by atoms with van der Waals surface area (Å²) in [6.45, 7) is -0.493. The maximum absolute atomic E-state index is 13.1.